The second kappa shape index (κ2) is 10.2. The van der Waals surface area contributed by atoms with E-state index in [-0.39, 0.29) is 16.4 Å². The molecular formula is C24H25N3O4S. The van der Waals surface area contributed by atoms with Crippen LogP contribution in [0.15, 0.2) is 83.8 Å². The van der Waals surface area contributed by atoms with E-state index in [2.05, 4.69) is 10.6 Å². The van der Waals surface area contributed by atoms with Crippen molar-refractivity contribution in [2.75, 3.05) is 23.7 Å². The predicted octanol–water partition coefficient (Wildman–Crippen LogP) is 4.22. The fourth-order valence-corrected chi connectivity index (χ4v) is 4.72. The van der Waals surface area contributed by atoms with Gasteiger partial charge in [0.1, 0.15) is 0 Å². The Bertz CT molecular complexity index is 1210. The van der Waals surface area contributed by atoms with Crippen molar-refractivity contribution in [2.45, 2.75) is 18.7 Å². The van der Waals surface area contributed by atoms with E-state index in [0.717, 1.165) is 0 Å². The topological polar surface area (TPSA) is 95.6 Å². The van der Waals surface area contributed by atoms with Crippen molar-refractivity contribution in [3.05, 3.63) is 90.0 Å². The molecule has 0 spiro atoms. The Kier molecular flexibility index (Phi) is 7.40. The lowest BCUT2D eigenvalue weighted by molar-refractivity contribution is 0.102. The number of carbonyl (C=O) groups excluding carboxylic acids is 2. The van der Waals surface area contributed by atoms with Crippen LogP contribution in [-0.4, -0.2) is 37.6 Å². The van der Waals surface area contributed by atoms with Gasteiger partial charge in [0.25, 0.3) is 11.8 Å². The molecule has 0 aliphatic carbocycles. The highest BCUT2D eigenvalue weighted by Gasteiger charge is 2.22. The van der Waals surface area contributed by atoms with Crippen molar-refractivity contribution in [3.63, 3.8) is 0 Å². The van der Waals surface area contributed by atoms with Crippen molar-refractivity contribution >= 4 is 33.2 Å². The summed E-state index contributed by atoms with van der Waals surface area (Å²) in [6, 6.07) is 21.4. The number of carbonyl (C=O) groups is 2. The molecule has 0 heterocycles. The molecule has 3 aromatic rings. The molecule has 0 fully saturated rings. The molecule has 32 heavy (non-hydrogen) atoms. The van der Waals surface area contributed by atoms with E-state index >= 15 is 0 Å². The van der Waals surface area contributed by atoms with E-state index in [9.17, 15) is 18.0 Å². The third kappa shape index (κ3) is 5.22. The Labute approximate surface area is 188 Å². The summed E-state index contributed by atoms with van der Waals surface area (Å²) < 4.78 is 26.9. The van der Waals surface area contributed by atoms with Gasteiger partial charge in [0.15, 0.2) is 0 Å². The van der Waals surface area contributed by atoms with Crippen molar-refractivity contribution in [1.29, 1.82) is 0 Å². The molecule has 0 aliphatic heterocycles. The molecule has 3 rings (SSSR count). The second-order valence-electron chi connectivity index (χ2n) is 6.94. The number of rotatable bonds is 8. The number of sulfonamides is 1. The Hall–Kier alpha value is -3.49. The normalized spacial score (nSPS) is 11.2. The van der Waals surface area contributed by atoms with Crippen LogP contribution in [0.3, 0.4) is 0 Å². The fraction of sp³-hybridized carbons (Fsp3) is 0.167. The maximum absolute atomic E-state index is 12.9. The van der Waals surface area contributed by atoms with Crippen LogP contribution in [0.4, 0.5) is 11.4 Å². The third-order valence-electron chi connectivity index (χ3n) is 4.89. The predicted molar refractivity (Wildman–Crippen MR) is 125 cm³/mol. The number of anilines is 2. The summed E-state index contributed by atoms with van der Waals surface area (Å²) in [5, 5.41) is 5.48. The number of hydrogen-bond donors (Lipinski definition) is 2. The molecule has 7 nitrogen and oxygen atoms in total. The van der Waals surface area contributed by atoms with Crippen LogP contribution in [0, 0.1) is 0 Å². The van der Waals surface area contributed by atoms with E-state index in [0.29, 0.717) is 30.0 Å². The minimum absolute atomic E-state index is 0.102. The van der Waals surface area contributed by atoms with Gasteiger partial charge in [-0.3, -0.25) is 9.59 Å². The van der Waals surface area contributed by atoms with Crippen LogP contribution in [0.5, 0.6) is 0 Å². The number of para-hydroxylation sites is 1. The summed E-state index contributed by atoms with van der Waals surface area (Å²) in [5.41, 5.74) is 1.42. The van der Waals surface area contributed by atoms with E-state index in [4.69, 9.17) is 0 Å². The van der Waals surface area contributed by atoms with E-state index < -0.39 is 15.9 Å². The van der Waals surface area contributed by atoms with Gasteiger partial charge in [-0.1, -0.05) is 50.2 Å². The average molecular weight is 452 g/mol. The van der Waals surface area contributed by atoms with Crippen LogP contribution in [0.1, 0.15) is 34.6 Å². The van der Waals surface area contributed by atoms with Crippen LogP contribution in [0.25, 0.3) is 0 Å². The molecule has 8 heteroatoms. The zero-order valence-corrected chi connectivity index (χ0v) is 18.7. The lowest BCUT2D eigenvalue weighted by Gasteiger charge is -2.19. The zero-order chi connectivity index (χ0) is 23.1. The third-order valence-corrected chi connectivity index (χ3v) is 6.94. The molecule has 0 atom stereocenters. The van der Waals surface area contributed by atoms with Gasteiger partial charge in [-0.2, -0.15) is 4.31 Å². The SMILES string of the molecule is CCN(CC)S(=O)(=O)c1cccc(NC(=O)c2ccccc2NC(=O)c2ccccc2)c1. The van der Waals surface area contributed by atoms with Gasteiger partial charge in [-0.25, -0.2) is 8.42 Å². The van der Waals surface area contributed by atoms with Crippen molar-refractivity contribution in [1.82, 2.24) is 4.31 Å². The largest absolute Gasteiger partial charge is 0.322 e. The summed E-state index contributed by atoms with van der Waals surface area (Å²) in [6.45, 7) is 4.24. The Morgan fingerprint density at radius 3 is 2.12 bits per heavy atom. The number of benzene rings is 3. The standard InChI is InChI=1S/C24H25N3O4S/c1-3-27(4-2)32(30,31)20-14-10-13-19(17-20)25-24(29)21-15-8-9-16-22(21)26-23(28)18-11-6-5-7-12-18/h5-17H,3-4H2,1-2H3,(H,25,29)(H,26,28). The quantitative estimate of drug-likeness (QED) is 0.536. The highest BCUT2D eigenvalue weighted by molar-refractivity contribution is 7.89. The van der Waals surface area contributed by atoms with Gasteiger partial charge in [0.05, 0.1) is 16.1 Å². The zero-order valence-electron chi connectivity index (χ0n) is 17.9. The minimum Gasteiger partial charge on any atom is -0.322 e. The van der Waals surface area contributed by atoms with Gasteiger partial charge in [0, 0.05) is 24.3 Å². The van der Waals surface area contributed by atoms with E-state index in [1.54, 1.807) is 74.5 Å². The minimum atomic E-state index is -3.65. The van der Waals surface area contributed by atoms with Crippen LogP contribution < -0.4 is 10.6 Å². The summed E-state index contributed by atoms with van der Waals surface area (Å²) in [6.07, 6.45) is 0. The number of nitrogens with one attached hydrogen (secondary N) is 2. The summed E-state index contributed by atoms with van der Waals surface area (Å²) in [7, 11) is -3.65. The Morgan fingerprint density at radius 2 is 1.44 bits per heavy atom. The monoisotopic (exact) mass is 451 g/mol. The first-order valence-corrected chi connectivity index (χ1v) is 11.7. The summed E-state index contributed by atoms with van der Waals surface area (Å²) in [5.74, 6) is -0.801. The summed E-state index contributed by atoms with van der Waals surface area (Å²) >= 11 is 0. The van der Waals surface area contributed by atoms with Crippen molar-refractivity contribution in [2.24, 2.45) is 0 Å². The number of amides is 2. The molecule has 0 aliphatic rings. The Morgan fingerprint density at radius 1 is 0.781 bits per heavy atom. The molecule has 166 valence electrons. The maximum atomic E-state index is 12.9. The first-order chi connectivity index (χ1) is 15.4. The molecular weight excluding hydrogens is 426 g/mol. The fourth-order valence-electron chi connectivity index (χ4n) is 3.22. The molecule has 0 bridgehead atoms. The van der Waals surface area contributed by atoms with E-state index in [1.807, 2.05) is 6.07 Å². The van der Waals surface area contributed by atoms with Gasteiger partial charge in [-0.15, -0.1) is 0 Å². The molecule has 0 saturated heterocycles. The van der Waals surface area contributed by atoms with Gasteiger partial charge < -0.3 is 10.6 Å². The maximum Gasteiger partial charge on any atom is 0.257 e. The van der Waals surface area contributed by atoms with Gasteiger partial charge in [0.2, 0.25) is 10.0 Å². The van der Waals surface area contributed by atoms with Crippen LogP contribution in [0.2, 0.25) is 0 Å². The number of hydrogen-bond acceptors (Lipinski definition) is 4. The lowest BCUT2D eigenvalue weighted by Crippen LogP contribution is -2.30. The molecule has 0 aromatic heterocycles. The number of nitrogens with zero attached hydrogens (tertiary/aromatic N) is 1. The van der Waals surface area contributed by atoms with E-state index in [1.165, 1.54) is 16.4 Å². The van der Waals surface area contributed by atoms with Crippen LogP contribution in [-0.2, 0) is 10.0 Å². The smallest absolute Gasteiger partial charge is 0.257 e. The highest BCUT2D eigenvalue weighted by atomic mass is 32.2. The van der Waals surface area contributed by atoms with Crippen molar-refractivity contribution < 1.29 is 18.0 Å². The van der Waals surface area contributed by atoms with Gasteiger partial charge >= 0.3 is 0 Å². The first-order valence-electron chi connectivity index (χ1n) is 10.2. The first kappa shape index (κ1) is 23.2. The second-order valence-corrected chi connectivity index (χ2v) is 8.87. The molecule has 0 saturated carbocycles. The molecule has 2 N–H and O–H groups in total. The highest BCUT2D eigenvalue weighted by Crippen LogP contribution is 2.22. The molecule has 2 amide bonds. The lowest BCUT2D eigenvalue weighted by atomic mass is 10.1. The van der Waals surface area contributed by atoms with Crippen molar-refractivity contribution in [3.8, 4) is 0 Å². The van der Waals surface area contributed by atoms with Gasteiger partial charge in [-0.05, 0) is 42.5 Å². The Balaban J connectivity index is 1.82. The summed E-state index contributed by atoms with van der Waals surface area (Å²) in [4.78, 5) is 25.5. The van der Waals surface area contributed by atoms with Crippen LogP contribution >= 0.6 is 0 Å². The molecule has 0 unspecified atom stereocenters. The molecule has 0 radical (unpaired) electrons. The average Bonchev–Trinajstić information content (AvgIpc) is 2.80. The molecule has 3 aromatic carbocycles.